The molecule has 0 bridgehead atoms. The fourth-order valence-electron chi connectivity index (χ4n) is 1.35. The molecule has 2 rings (SSSR count). The number of hydrogen-bond acceptors (Lipinski definition) is 4. The summed E-state index contributed by atoms with van der Waals surface area (Å²) in [6.45, 7) is 3.63. The van der Waals surface area contributed by atoms with Crippen LogP contribution in [0.25, 0.3) is 0 Å². The van der Waals surface area contributed by atoms with Crippen LogP contribution in [-0.4, -0.2) is 21.1 Å². The predicted molar refractivity (Wildman–Crippen MR) is 79.1 cm³/mol. The summed E-state index contributed by atoms with van der Waals surface area (Å²) < 4.78 is 1.52. The highest BCUT2D eigenvalue weighted by Crippen LogP contribution is 2.22. The Balaban J connectivity index is 2.25. The van der Waals surface area contributed by atoms with Crippen LogP contribution in [0.15, 0.2) is 27.1 Å². The average Bonchev–Trinajstić information content (AvgIpc) is 2.36. The molecule has 0 aliphatic rings. The van der Waals surface area contributed by atoms with Crippen LogP contribution in [0.3, 0.4) is 0 Å². The minimum Gasteiger partial charge on any atom is -0.289 e. The van der Waals surface area contributed by atoms with Crippen molar-refractivity contribution in [3.8, 4) is 0 Å². The first kappa shape index (κ1) is 14.1. The molecular formula is C12H10Br2N4O. The molecule has 7 heteroatoms. The highest BCUT2D eigenvalue weighted by atomic mass is 79.9. The molecule has 1 aromatic heterocycles. The normalized spacial score (nSPS) is 10.3. The summed E-state index contributed by atoms with van der Waals surface area (Å²) in [5.41, 5.74) is 1.97. The Morgan fingerprint density at radius 2 is 1.89 bits per heavy atom. The van der Waals surface area contributed by atoms with E-state index >= 15 is 0 Å². The van der Waals surface area contributed by atoms with Gasteiger partial charge >= 0.3 is 0 Å². The van der Waals surface area contributed by atoms with Gasteiger partial charge in [-0.1, -0.05) is 15.9 Å². The zero-order valence-electron chi connectivity index (χ0n) is 10.2. The molecule has 0 unspecified atom stereocenters. The number of aromatic nitrogens is 3. The number of hydrogen-bond donors (Lipinski definition) is 1. The predicted octanol–water partition coefficient (Wildman–Crippen LogP) is 3.27. The Kier molecular flexibility index (Phi) is 4.26. The maximum Gasteiger partial charge on any atom is 0.259 e. The summed E-state index contributed by atoms with van der Waals surface area (Å²) in [5, 5.41) is 10.4. The summed E-state index contributed by atoms with van der Waals surface area (Å²) >= 11 is 6.66. The molecule has 1 heterocycles. The van der Waals surface area contributed by atoms with Gasteiger partial charge in [0.25, 0.3) is 5.91 Å². The third-order valence-corrected chi connectivity index (χ3v) is 3.68. The van der Waals surface area contributed by atoms with Gasteiger partial charge in [0, 0.05) is 8.95 Å². The number of rotatable bonds is 2. The van der Waals surface area contributed by atoms with Crippen molar-refractivity contribution >= 4 is 43.7 Å². The molecule has 1 N–H and O–H groups in total. The smallest absolute Gasteiger partial charge is 0.259 e. The van der Waals surface area contributed by atoms with Crippen molar-refractivity contribution in [2.75, 3.05) is 5.32 Å². The van der Waals surface area contributed by atoms with Gasteiger partial charge < -0.3 is 0 Å². The molecule has 98 valence electrons. The molecule has 0 aliphatic carbocycles. The standard InChI is InChI=1S/C12H10Br2N4O/c1-6-7(2)17-18-12(15-6)16-11(19)9-5-8(13)3-4-10(9)14/h3-5H,1-2H3,(H,15,16,18,19). The van der Waals surface area contributed by atoms with Crippen LogP contribution >= 0.6 is 31.9 Å². The van der Waals surface area contributed by atoms with E-state index in [0.29, 0.717) is 10.0 Å². The second-order valence-corrected chi connectivity index (χ2v) is 5.65. The minimum atomic E-state index is -0.293. The van der Waals surface area contributed by atoms with Gasteiger partial charge in [-0.2, -0.15) is 5.10 Å². The van der Waals surface area contributed by atoms with Crippen molar-refractivity contribution < 1.29 is 4.79 Å². The second-order valence-electron chi connectivity index (χ2n) is 3.88. The van der Waals surface area contributed by atoms with Gasteiger partial charge in [0.15, 0.2) is 0 Å². The summed E-state index contributed by atoms with van der Waals surface area (Å²) in [7, 11) is 0. The van der Waals surface area contributed by atoms with E-state index in [9.17, 15) is 4.79 Å². The molecule has 19 heavy (non-hydrogen) atoms. The number of carbonyl (C=O) groups is 1. The molecule has 0 saturated heterocycles. The van der Waals surface area contributed by atoms with Gasteiger partial charge in [-0.05, 0) is 48.0 Å². The molecule has 0 aliphatic heterocycles. The van der Waals surface area contributed by atoms with E-state index < -0.39 is 0 Å². The molecule has 2 aromatic rings. The van der Waals surface area contributed by atoms with Crippen LogP contribution in [0.5, 0.6) is 0 Å². The Labute approximate surface area is 127 Å². The minimum absolute atomic E-state index is 0.194. The van der Waals surface area contributed by atoms with Gasteiger partial charge in [-0.3, -0.25) is 10.1 Å². The molecule has 5 nitrogen and oxygen atoms in total. The SMILES string of the molecule is Cc1nnc(NC(=O)c2cc(Br)ccc2Br)nc1C. The van der Waals surface area contributed by atoms with Crippen molar-refractivity contribution in [2.24, 2.45) is 0 Å². The summed E-state index contributed by atoms with van der Waals surface area (Å²) in [6.07, 6.45) is 0. The molecule has 0 spiro atoms. The summed E-state index contributed by atoms with van der Waals surface area (Å²) in [6, 6.07) is 5.35. The van der Waals surface area contributed by atoms with Gasteiger partial charge in [-0.25, -0.2) is 4.98 Å². The number of nitrogens with zero attached hydrogens (tertiary/aromatic N) is 3. The maximum atomic E-state index is 12.1. The van der Waals surface area contributed by atoms with Crippen LogP contribution in [-0.2, 0) is 0 Å². The molecular weight excluding hydrogens is 376 g/mol. The molecule has 0 fully saturated rings. The van der Waals surface area contributed by atoms with Crippen molar-refractivity contribution in [3.05, 3.63) is 44.1 Å². The fraction of sp³-hybridized carbons (Fsp3) is 0.167. The van der Waals surface area contributed by atoms with Crippen LogP contribution in [0.4, 0.5) is 5.95 Å². The van der Waals surface area contributed by atoms with Gasteiger partial charge in [0.2, 0.25) is 5.95 Å². The van der Waals surface area contributed by atoms with E-state index in [1.807, 2.05) is 19.9 Å². The lowest BCUT2D eigenvalue weighted by molar-refractivity contribution is 0.102. The number of anilines is 1. The summed E-state index contributed by atoms with van der Waals surface area (Å²) in [5.74, 6) is -0.0989. The number of carbonyl (C=O) groups excluding carboxylic acids is 1. The average molecular weight is 386 g/mol. The van der Waals surface area contributed by atoms with E-state index in [0.717, 1.165) is 15.9 Å². The van der Waals surface area contributed by atoms with Crippen LogP contribution < -0.4 is 5.32 Å². The molecule has 1 aromatic carbocycles. The quantitative estimate of drug-likeness (QED) is 0.861. The topological polar surface area (TPSA) is 67.8 Å². The summed E-state index contributed by atoms with van der Waals surface area (Å²) in [4.78, 5) is 16.3. The zero-order chi connectivity index (χ0) is 14.0. The number of aryl methyl sites for hydroxylation is 2. The zero-order valence-corrected chi connectivity index (χ0v) is 13.4. The highest BCUT2D eigenvalue weighted by Gasteiger charge is 2.12. The van der Waals surface area contributed by atoms with Crippen molar-refractivity contribution in [2.45, 2.75) is 13.8 Å². The van der Waals surface area contributed by atoms with Gasteiger partial charge in [0.05, 0.1) is 17.0 Å². The number of halogens is 2. The van der Waals surface area contributed by atoms with E-state index in [1.54, 1.807) is 12.1 Å². The van der Waals surface area contributed by atoms with Gasteiger partial charge in [0.1, 0.15) is 0 Å². The fourth-order valence-corrected chi connectivity index (χ4v) is 2.14. The van der Waals surface area contributed by atoms with Gasteiger partial charge in [-0.15, -0.1) is 5.10 Å². The van der Waals surface area contributed by atoms with Crippen molar-refractivity contribution in [1.29, 1.82) is 0 Å². The lowest BCUT2D eigenvalue weighted by Gasteiger charge is -2.06. The van der Waals surface area contributed by atoms with Crippen LogP contribution in [0.1, 0.15) is 21.7 Å². The highest BCUT2D eigenvalue weighted by molar-refractivity contribution is 9.11. The Bertz CT molecular complexity index is 646. The molecule has 0 radical (unpaired) electrons. The Morgan fingerprint density at radius 1 is 1.16 bits per heavy atom. The number of nitrogens with one attached hydrogen (secondary N) is 1. The molecule has 0 atom stereocenters. The first-order valence-electron chi connectivity index (χ1n) is 5.41. The van der Waals surface area contributed by atoms with Crippen molar-refractivity contribution in [3.63, 3.8) is 0 Å². The monoisotopic (exact) mass is 384 g/mol. The largest absolute Gasteiger partial charge is 0.289 e. The molecule has 0 saturated carbocycles. The van der Waals surface area contributed by atoms with E-state index in [-0.39, 0.29) is 11.9 Å². The lowest BCUT2D eigenvalue weighted by atomic mass is 10.2. The third-order valence-electron chi connectivity index (χ3n) is 2.49. The van der Waals surface area contributed by atoms with Crippen LogP contribution in [0, 0.1) is 13.8 Å². The van der Waals surface area contributed by atoms with Crippen LogP contribution in [0.2, 0.25) is 0 Å². The van der Waals surface area contributed by atoms with Crippen molar-refractivity contribution in [1.82, 2.24) is 15.2 Å². The number of benzene rings is 1. The number of amides is 1. The first-order chi connectivity index (χ1) is 8.97. The first-order valence-corrected chi connectivity index (χ1v) is 7.00. The third kappa shape index (κ3) is 3.36. The Hall–Kier alpha value is -1.34. The maximum absolute atomic E-state index is 12.1. The van der Waals surface area contributed by atoms with E-state index in [1.165, 1.54) is 0 Å². The second kappa shape index (κ2) is 5.75. The lowest BCUT2D eigenvalue weighted by Crippen LogP contribution is -2.16. The Morgan fingerprint density at radius 3 is 2.58 bits per heavy atom. The molecule has 1 amide bonds. The van der Waals surface area contributed by atoms with E-state index in [4.69, 9.17) is 0 Å². The van der Waals surface area contributed by atoms with E-state index in [2.05, 4.69) is 52.4 Å².